The molecule has 0 spiro atoms. The number of fused-ring (bicyclic) bond motifs is 1. The van der Waals surface area contributed by atoms with Crippen molar-refractivity contribution in [1.29, 1.82) is 0 Å². The number of piperidine rings is 1. The van der Waals surface area contributed by atoms with Gasteiger partial charge in [0.2, 0.25) is 0 Å². The summed E-state index contributed by atoms with van der Waals surface area (Å²) in [6.45, 7) is 6.79. The fourth-order valence-corrected chi connectivity index (χ4v) is 8.43. The largest absolute Gasteiger partial charge is 0.371 e. The summed E-state index contributed by atoms with van der Waals surface area (Å²) in [5.41, 5.74) is 10.5. The number of nitrogens with two attached hydrogens (primary N) is 1. The molecule has 1 aromatic heterocycles. The zero-order valence-corrected chi connectivity index (χ0v) is 28.8. The van der Waals surface area contributed by atoms with Crippen LogP contribution in [0.15, 0.2) is 48.7 Å². The number of ketones is 2. The van der Waals surface area contributed by atoms with E-state index in [2.05, 4.69) is 43.9 Å². The zero-order valence-electron chi connectivity index (χ0n) is 28.8. The van der Waals surface area contributed by atoms with Crippen molar-refractivity contribution in [1.82, 2.24) is 19.8 Å². The van der Waals surface area contributed by atoms with E-state index in [1.807, 2.05) is 12.1 Å². The van der Waals surface area contributed by atoms with E-state index in [9.17, 15) is 24.0 Å². The molecule has 5 heterocycles. The SMILES string of the molecule is NC(=O)c1ncc(N2CCC2)nc1Cc1ccc(C2CCN(C[C@H]3CCN(c4ccc5c(c4)C(=O)N(C4CCC(=O)CC4=O)C5=O)C3)CC2)cc1. The maximum absolute atomic E-state index is 13.3. The molecule has 2 atom stereocenters. The minimum atomic E-state index is -0.852. The number of carbonyl (C=O) groups excluding carboxylic acids is 5. The van der Waals surface area contributed by atoms with Crippen LogP contribution in [-0.4, -0.2) is 101 Å². The van der Waals surface area contributed by atoms with Gasteiger partial charge in [-0.2, -0.15) is 0 Å². The van der Waals surface area contributed by atoms with E-state index in [-0.39, 0.29) is 36.5 Å². The first kappa shape index (κ1) is 33.2. The average Bonchev–Trinajstić information content (AvgIpc) is 3.66. The lowest BCUT2D eigenvalue weighted by Crippen LogP contribution is -2.47. The van der Waals surface area contributed by atoms with Crippen LogP contribution in [-0.2, 0) is 16.0 Å². The predicted octanol–water partition coefficient (Wildman–Crippen LogP) is 3.37. The van der Waals surface area contributed by atoms with Gasteiger partial charge in [0, 0.05) is 51.3 Å². The Labute approximate surface area is 297 Å². The fraction of sp³-hybridized carbons (Fsp3) is 0.462. The van der Waals surface area contributed by atoms with Gasteiger partial charge in [0.25, 0.3) is 17.7 Å². The van der Waals surface area contributed by atoms with Gasteiger partial charge in [-0.15, -0.1) is 0 Å². The molecule has 51 heavy (non-hydrogen) atoms. The third-order valence-electron chi connectivity index (χ3n) is 11.5. The van der Waals surface area contributed by atoms with Crippen LogP contribution < -0.4 is 15.5 Å². The van der Waals surface area contributed by atoms with Crippen molar-refractivity contribution < 1.29 is 24.0 Å². The second-order valence-corrected chi connectivity index (χ2v) is 14.8. The molecule has 264 valence electrons. The maximum atomic E-state index is 13.3. The van der Waals surface area contributed by atoms with E-state index in [1.165, 1.54) is 5.56 Å². The number of benzene rings is 2. The molecule has 4 fully saturated rings. The lowest BCUT2D eigenvalue weighted by molar-refractivity contribution is -0.132. The van der Waals surface area contributed by atoms with Crippen molar-refractivity contribution in [2.75, 3.05) is 55.6 Å². The number of anilines is 2. The van der Waals surface area contributed by atoms with Crippen molar-refractivity contribution in [3.63, 3.8) is 0 Å². The Balaban J connectivity index is 0.836. The molecule has 2 N–H and O–H groups in total. The van der Waals surface area contributed by atoms with Gasteiger partial charge in [-0.3, -0.25) is 28.9 Å². The monoisotopic (exact) mass is 689 g/mol. The van der Waals surface area contributed by atoms with E-state index in [4.69, 9.17) is 10.7 Å². The summed E-state index contributed by atoms with van der Waals surface area (Å²) in [6, 6.07) is 13.3. The van der Waals surface area contributed by atoms with Gasteiger partial charge in [0.15, 0.2) is 5.78 Å². The highest BCUT2D eigenvalue weighted by Crippen LogP contribution is 2.34. The summed E-state index contributed by atoms with van der Waals surface area (Å²) in [5.74, 6) is -0.105. The minimum Gasteiger partial charge on any atom is -0.371 e. The van der Waals surface area contributed by atoms with E-state index in [1.54, 1.807) is 12.3 Å². The number of hydrogen-bond acceptors (Lipinski definition) is 10. The molecule has 4 aliphatic heterocycles. The highest BCUT2D eigenvalue weighted by Gasteiger charge is 2.44. The van der Waals surface area contributed by atoms with Gasteiger partial charge < -0.3 is 20.4 Å². The number of likely N-dealkylation sites (tertiary alicyclic amines) is 1. The number of primary amides is 1. The second kappa shape index (κ2) is 13.6. The van der Waals surface area contributed by atoms with Crippen molar-refractivity contribution in [2.24, 2.45) is 11.7 Å². The van der Waals surface area contributed by atoms with Crippen molar-refractivity contribution in [2.45, 2.75) is 63.3 Å². The number of aromatic nitrogens is 2. The quantitative estimate of drug-likeness (QED) is 0.262. The molecular weight excluding hydrogens is 646 g/mol. The Morgan fingerprint density at radius 1 is 0.843 bits per heavy atom. The smallest absolute Gasteiger partial charge is 0.269 e. The minimum absolute atomic E-state index is 0.136. The first-order valence-corrected chi connectivity index (χ1v) is 18.2. The Kier molecular flexibility index (Phi) is 8.87. The number of rotatable bonds is 9. The summed E-state index contributed by atoms with van der Waals surface area (Å²) < 4.78 is 0. The Hall–Kier alpha value is -4.97. The highest BCUT2D eigenvalue weighted by molar-refractivity contribution is 6.24. The third kappa shape index (κ3) is 6.53. The van der Waals surface area contributed by atoms with Gasteiger partial charge in [-0.1, -0.05) is 24.3 Å². The van der Waals surface area contributed by atoms with E-state index < -0.39 is 23.8 Å². The molecule has 0 bridgehead atoms. The lowest BCUT2D eigenvalue weighted by atomic mass is 9.88. The molecular formula is C39H43N7O5. The lowest BCUT2D eigenvalue weighted by Gasteiger charge is -2.34. The number of imide groups is 1. The van der Waals surface area contributed by atoms with Gasteiger partial charge in [0.1, 0.15) is 17.3 Å². The summed E-state index contributed by atoms with van der Waals surface area (Å²) >= 11 is 0. The van der Waals surface area contributed by atoms with Crippen LogP contribution in [0.5, 0.6) is 0 Å². The molecule has 8 rings (SSSR count). The van der Waals surface area contributed by atoms with Gasteiger partial charge >= 0.3 is 0 Å². The maximum Gasteiger partial charge on any atom is 0.269 e. The van der Waals surface area contributed by atoms with Gasteiger partial charge in [-0.25, -0.2) is 9.97 Å². The normalized spacial score (nSPS) is 22.9. The molecule has 12 heteroatoms. The van der Waals surface area contributed by atoms with Crippen molar-refractivity contribution in [3.05, 3.63) is 82.3 Å². The average molecular weight is 690 g/mol. The van der Waals surface area contributed by atoms with Gasteiger partial charge in [-0.05, 0) is 86.4 Å². The number of Topliss-reactive ketones (excluding diaryl/α,β-unsaturated/α-hetero) is 2. The van der Waals surface area contributed by atoms with Crippen LogP contribution in [0, 0.1) is 5.92 Å². The first-order chi connectivity index (χ1) is 24.7. The molecule has 3 aromatic rings. The topological polar surface area (TPSA) is 150 Å². The highest BCUT2D eigenvalue weighted by atomic mass is 16.2. The standard InChI is InChI=1S/C39H43N7O5/c40-37(49)36-32(42-35(21-41-36)44-13-1-14-44)18-24-2-4-26(5-3-24)27-11-15-43(16-12-27)22-25-10-17-45(23-25)28-6-8-30-31(19-28)39(51)46(38(30)50)33-9-7-29(47)20-34(33)48/h2-6,8,19,21,25,27,33H,1,7,9-18,20,22-23H2,(H2,40,49)/t25-,33?/m1/s1. The third-order valence-corrected chi connectivity index (χ3v) is 11.5. The Morgan fingerprint density at radius 3 is 2.31 bits per heavy atom. The van der Waals surface area contributed by atoms with Crippen molar-refractivity contribution >= 4 is 40.8 Å². The van der Waals surface area contributed by atoms with Crippen LogP contribution in [0.3, 0.4) is 0 Å². The molecule has 0 radical (unpaired) electrons. The van der Waals surface area contributed by atoms with E-state index in [0.29, 0.717) is 35.1 Å². The van der Waals surface area contributed by atoms with Crippen LogP contribution in [0.2, 0.25) is 0 Å². The first-order valence-electron chi connectivity index (χ1n) is 18.2. The molecule has 1 aliphatic carbocycles. The molecule has 12 nitrogen and oxygen atoms in total. The molecule has 3 saturated heterocycles. The molecule has 2 aromatic carbocycles. The van der Waals surface area contributed by atoms with Crippen LogP contribution >= 0.6 is 0 Å². The summed E-state index contributed by atoms with van der Waals surface area (Å²) in [6.07, 6.45) is 6.75. The van der Waals surface area contributed by atoms with E-state index in [0.717, 1.165) is 93.5 Å². The summed E-state index contributed by atoms with van der Waals surface area (Å²) in [5, 5.41) is 0. The summed E-state index contributed by atoms with van der Waals surface area (Å²) in [7, 11) is 0. The number of hydrogen-bond donors (Lipinski definition) is 1. The zero-order chi connectivity index (χ0) is 35.2. The van der Waals surface area contributed by atoms with E-state index >= 15 is 0 Å². The molecule has 1 saturated carbocycles. The van der Waals surface area contributed by atoms with Crippen LogP contribution in [0.25, 0.3) is 0 Å². The van der Waals surface area contributed by atoms with Gasteiger partial charge in [0.05, 0.1) is 35.5 Å². The molecule has 1 unspecified atom stereocenters. The number of nitrogens with zero attached hydrogens (tertiary/aromatic N) is 6. The van der Waals surface area contributed by atoms with Crippen molar-refractivity contribution in [3.8, 4) is 0 Å². The van der Waals surface area contributed by atoms with Crippen LogP contribution in [0.1, 0.15) is 98.9 Å². The molecule has 5 aliphatic rings. The molecule has 3 amide bonds. The Bertz CT molecular complexity index is 1900. The number of amides is 3. The number of carbonyl (C=O) groups is 5. The Morgan fingerprint density at radius 2 is 1.61 bits per heavy atom. The summed E-state index contributed by atoms with van der Waals surface area (Å²) in [4.78, 5) is 80.0. The predicted molar refractivity (Wildman–Crippen MR) is 190 cm³/mol. The fourth-order valence-electron chi connectivity index (χ4n) is 8.43. The second-order valence-electron chi connectivity index (χ2n) is 14.8. The van der Waals surface area contributed by atoms with Crippen LogP contribution in [0.4, 0.5) is 11.5 Å².